The summed E-state index contributed by atoms with van der Waals surface area (Å²) in [6.45, 7) is -0.269. The smallest absolute Gasteiger partial charge is 0.250 e. The number of amides is 1. The van der Waals surface area contributed by atoms with Gasteiger partial charge in [0.25, 0.3) is 5.91 Å². The summed E-state index contributed by atoms with van der Waals surface area (Å²) in [5.74, 6) is -1.77. The Morgan fingerprint density at radius 3 is 2.58 bits per heavy atom. The first-order valence-electron chi connectivity index (χ1n) is 5.51. The third-order valence-corrected chi connectivity index (χ3v) is 3.88. The van der Waals surface area contributed by atoms with Gasteiger partial charge in [-0.25, -0.2) is 8.42 Å². The lowest BCUT2D eigenvalue weighted by molar-refractivity contribution is -0.128. The van der Waals surface area contributed by atoms with Gasteiger partial charge in [-0.15, -0.1) is 0 Å². The fraction of sp³-hybridized carbons (Fsp3) is 0.333. The van der Waals surface area contributed by atoms with Crippen molar-refractivity contribution in [1.82, 2.24) is 5.32 Å². The van der Waals surface area contributed by atoms with Gasteiger partial charge in [0.2, 0.25) is 0 Å². The second-order valence-corrected chi connectivity index (χ2v) is 6.04. The van der Waals surface area contributed by atoms with Gasteiger partial charge in [0.05, 0.1) is 17.6 Å². The summed E-state index contributed by atoms with van der Waals surface area (Å²) in [7, 11) is -3.60. The highest BCUT2D eigenvalue weighted by atomic mass is 32.2. The molecule has 0 aliphatic rings. The molecule has 102 valence electrons. The monoisotopic (exact) mass is 282 g/mol. The zero-order valence-corrected chi connectivity index (χ0v) is 10.9. The van der Waals surface area contributed by atoms with Gasteiger partial charge in [0.1, 0.15) is 12.6 Å². The first-order chi connectivity index (χ1) is 8.94. The van der Waals surface area contributed by atoms with Gasteiger partial charge in [0, 0.05) is 0 Å². The molecule has 0 heterocycles. The molecule has 0 bridgehead atoms. The van der Waals surface area contributed by atoms with Crippen LogP contribution in [-0.4, -0.2) is 37.8 Å². The van der Waals surface area contributed by atoms with Gasteiger partial charge in [-0.1, -0.05) is 30.3 Å². The molecule has 1 atom stereocenters. The number of rotatable bonds is 6. The van der Waals surface area contributed by atoms with E-state index in [2.05, 4.69) is 5.32 Å². The molecule has 1 aromatic rings. The highest BCUT2D eigenvalue weighted by Gasteiger charge is 2.23. The lowest BCUT2D eigenvalue weighted by atomic mass is 10.2. The Hall–Kier alpha value is -1.91. The van der Waals surface area contributed by atoms with Crippen molar-refractivity contribution >= 4 is 15.7 Å². The van der Waals surface area contributed by atoms with E-state index in [1.165, 1.54) is 0 Å². The van der Waals surface area contributed by atoms with Crippen LogP contribution >= 0.6 is 0 Å². The van der Waals surface area contributed by atoms with E-state index in [9.17, 15) is 18.3 Å². The minimum absolute atomic E-state index is 0.240. The van der Waals surface area contributed by atoms with Gasteiger partial charge < -0.3 is 10.4 Å². The first kappa shape index (κ1) is 15.1. The second kappa shape index (κ2) is 6.87. The number of benzene rings is 1. The molecule has 19 heavy (non-hydrogen) atoms. The molecule has 1 amide bonds. The van der Waals surface area contributed by atoms with Crippen LogP contribution in [0, 0.1) is 11.3 Å². The van der Waals surface area contributed by atoms with Crippen LogP contribution in [0.25, 0.3) is 0 Å². The lowest BCUT2D eigenvalue weighted by Gasteiger charge is -2.10. The minimum Gasteiger partial charge on any atom is -0.382 e. The Labute approximate surface area is 111 Å². The Bertz CT molecular complexity index is 563. The third-order valence-electron chi connectivity index (χ3n) is 2.29. The average Bonchev–Trinajstić information content (AvgIpc) is 2.35. The number of nitrogens with one attached hydrogen (secondary N) is 1. The SMILES string of the molecule is N#CCNC(=O)C(O)CS(=O)(=O)Cc1ccccc1. The maximum Gasteiger partial charge on any atom is 0.250 e. The molecule has 6 nitrogen and oxygen atoms in total. The zero-order chi connectivity index (χ0) is 14.3. The summed E-state index contributed by atoms with van der Waals surface area (Å²) < 4.78 is 23.6. The van der Waals surface area contributed by atoms with Crippen molar-refractivity contribution in [3.8, 4) is 6.07 Å². The van der Waals surface area contributed by atoms with E-state index >= 15 is 0 Å². The molecule has 0 aliphatic carbocycles. The third kappa shape index (κ3) is 5.50. The minimum atomic E-state index is -3.60. The molecule has 0 aliphatic heterocycles. The Morgan fingerprint density at radius 2 is 2.00 bits per heavy atom. The largest absolute Gasteiger partial charge is 0.382 e. The predicted molar refractivity (Wildman–Crippen MR) is 68.6 cm³/mol. The topological polar surface area (TPSA) is 107 Å². The summed E-state index contributed by atoms with van der Waals surface area (Å²) in [6, 6.07) is 10.2. The van der Waals surface area contributed by atoms with E-state index in [0.29, 0.717) is 5.56 Å². The van der Waals surface area contributed by atoms with Crippen molar-refractivity contribution in [2.75, 3.05) is 12.3 Å². The first-order valence-corrected chi connectivity index (χ1v) is 7.34. The van der Waals surface area contributed by atoms with E-state index in [1.54, 1.807) is 36.4 Å². The summed E-state index contributed by atoms with van der Waals surface area (Å²) in [6.07, 6.45) is -1.66. The number of aliphatic hydroxyl groups excluding tert-OH is 1. The number of nitrogens with zero attached hydrogens (tertiary/aromatic N) is 1. The highest BCUT2D eigenvalue weighted by Crippen LogP contribution is 2.07. The number of nitriles is 1. The number of hydrogen-bond donors (Lipinski definition) is 2. The zero-order valence-electron chi connectivity index (χ0n) is 10.1. The Kier molecular flexibility index (Phi) is 5.48. The second-order valence-electron chi connectivity index (χ2n) is 3.93. The predicted octanol–water partition coefficient (Wildman–Crippen LogP) is -0.398. The Balaban J connectivity index is 2.60. The fourth-order valence-electron chi connectivity index (χ4n) is 1.45. The number of hydrogen-bond acceptors (Lipinski definition) is 5. The molecule has 0 fully saturated rings. The molecular formula is C12H14N2O4S. The molecular weight excluding hydrogens is 268 g/mol. The van der Waals surface area contributed by atoms with E-state index in [4.69, 9.17) is 5.26 Å². The van der Waals surface area contributed by atoms with Crippen LogP contribution in [0.3, 0.4) is 0 Å². The molecule has 2 N–H and O–H groups in total. The molecule has 0 spiro atoms. The number of carbonyl (C=O) groups excluding carboxylic acids is 1. The van der Waals surface area contributed by atoms with Crippen LogP contribution in [-0.2, 0) is 20.4 Å². The van der Waals surface area contributed by atoms with Crippen LogP contribution in [0.15, 0.2) is 30.3 Å². The van der Waals surface area contributed by atoms with Crippen LogP contribution in [0.5, 0.6) is 0 Å². The molecule has 1 unspecified atom stereocenters. The Morgan fingerprint density at radius 1 is 1.37 bits per heavy atom. The maximum atomic E-state index is 11.8. The van der Waals surface area contributed by atoms with E-state index in [0.717, 1.165) is 0 Å². The van der Waals surface area contributed by atoms with Crippen molar-refractivity contribution < 1.29 is 18.3 Å². The summed E-state index contributed by atoms with van der Waals surface area (Å²) in [5.41, 5.74) is 0.590. The summed E-state index contributed by atoms with van der Waals surface area (Å²) in [5, 5.41) is 19.8. The van der Waals surface area contributed by atoms with Gasteiger partial charge in [-0.05, 0) is 5.56 Å². The molecule has 0 saturated heterocycles. The summed E-state index contributed by atoms with van der Waals surface area (Å²) >= 11 is 0. The van der Waals surface area contributed by atoms with Crippen molar-refractivity contribution in [1.29, 1.82) is 5.26 Å². The average molecular weight is 282 g/mol. The van der Waals surface area contributed by atoms with Crippen molar-refractivity contribution in [3.05, 3.63) is 35.9 Å². The van der Waals surface area contributed by atoms with E-state index in [-0.39, 0.29) is 12.3 Å². The normalized spacial score (nSPS) is 12.4. The summed E-state index contributed by atoms with van der Waals surface area (Å²) in [4.78, 5) is 11.3. The van der Waals surface area contributed by atoms with Gasteiger partial charge >= 0.3 is 0 Å². The molecule has 0 saturated carbocycles. The van der Waals surface area contributed by atoms with Gasteiger partial charge in [-0.3, -0.25) is 4.79 Å². The van der Waals surface area contributed by atoms with Crippen molar-refractivity contribution in [2.24, 2.45) is 0 Å². The van der Waals surface area contributed by atoms with E-state index < -0.39 is 27.6 Å². The molecule has 0 aromatic heterocycles. The van der Waals surface area contributed by atoms with Gasteiger partial charge in [-0.2, -0.15) is 5.26 Å². The van der Waals surface area contributed by atoms with Crippen molar-refractivity contribution in [3.63, 3.8) is 0 Å². The van der Waals surface area contributed by atoms with Crippen LogP contribution in [0.1, 0.15) is 5.56 Å². The number of aliphatic hydroxyl groups is 1. The number of carbonyl (C=O) groups is 1. The van der Waals surface area contributed by atoms with Crippen LogP contribution in [0.2, 0.25) is 0 Å². The maximum absolute atomic E-state index is 11.8. The van der Waals surface area contributed by atoms with E-state index in [1.807, 2.05) is 0 Å². The highest BCUT2D eigenvalue weighted by molar-refractivity contribution is 7.90. The lowest BCUT2D eigenvalue weighted by Crippen LogP contribution is -2.39. The standard InChI is InChI=1S/C12H14N2O4S/c13-6-7-14-12(16)11(15)9-19(17,18)8-10-4-2-1-3-5-10/h1-5,11,15H,7-9H2,(H,14,16). The molecule has 1 rings (SSSR count). The van der Waals surface area contributed by atoms with Crippen LogP contribution in [0.4, 0.5) is 0 Å². The van der Waals surface area contributed by atoms with Crippen molar-refractivity contribution in [2.45, 2.75) is 11.9 Å². The fourth-order valence-corrected chi connectivity index (χ4v) is 2.90. The molecule has 1 aromatic carbocycles. The number of sulfone groups is 1. The van der Waals surface area contributed by atoms with Gasteiger partial charge in [0.15, 0.2) is 9.84 Å². The molecule has 0 radical (unpaired) electrons. The molecule has 7 heteroatoms. The van der Waals surface area contributed by atoms with Crippen LogP contribution < -0.4 is 5.32 Å². The quantitative estimate of drug-likeness (QED) is 0.690.